The SMILES string of the molecule is NC(OS(=O)(=O)OC(N)c1ccccc1)c1ccccc1. The van der Waals surface area contributed by atoms with Gasteiger partial charge in [-0.2, -0.15) is 8.42 Å². The van der Waals surface area contributed by atoms with Crippen LogP contribution in [-0.2, 0) is 18.8 Å². The van der Waals surface area contributed by atoms with Gasteiger partial charge in [0.25, 0.3) is 0 Å². The first-order valence-electron chi connectivity index (χ1n) is 6.20. The lowest BCUT2D eigenvalue weighted by Gasteiger charge is -2.16. The van der Waals surface area contributed by atoms with Gasteiger partial charge in [0, 0.05) is 0 Å². The van der Waals surface area contributed by atoms with Gasteiger partial charge in [-0.15, -0.1) is 0 Å². The standard InChI is InChI=1S/C14H16N2O4S/c15-13(11-7-3-1-4-8-11)19-21(17,18)20-14(16)12-9-5-2-6-10-12/h1-10,13-14H,15-16H2. The number of nitrogens with two attached hydrogens (primary N) is 2. The first kappa shape index (κ1) is 15.6. The molecule has 2 atom stereocenters. The molecule has 0 aliphatic carbocycles. The lowest BCUT2D eigenvalue weighted by Crippen LogP contribution is -2.25. The molecule has 2 unspecified atom stereocenters. The van der Waals surface area contributed by atoms with Crippen LogP contribution in [0.15, 0.2) is 60.7 Å². The Morgan fingerprint density at radius 2 is 1.05 bits per heavy atom. The van der Waals surface area contributed by atoms with E-state index in [4.69, 9.17) is 19.8 Å². The van der Waals surface area contributed by atoms with Crippen molar-refractivity contribution in [2.24, 2.45) is 11.5 Å². The normalized spacial score (nSPS) is 14.6. The van der Waals surface area contributed by atoms with Crippen molar-refractivity contribution in [3.05, 3.63) is 71.8 Å². The first-order chi connectivity index (χ1) is 9.98. The second-order valence-corrected chi connectivity index (χ2v) is 5.46. The molecular weight excluding hydrogens is 292 g/mol. The molecule has 0 saturated heterocycles. The average molecular weight is 308 g/mol. The zero-order valence-corrected chi connectivity index (χ0v) is 11.9. The van der Waals surface area contributed by atoms with Crippen LogP contribution in [0.25, 0.3) is 0 Å². The van der Waals surface area contributed by atoms with E-state index in [1.807, 2.05) is 0 Å². The quantitative estimate of drug-likeness (QED) is 0.785. The van der Waals surface area contributed by atoms with Crippen LogP contribution in [0.1, 0.15) is 23.6 Å². The van der Waals surface area contributed by atoms with E-state index in [2.05, 4.69) is 0 Å². The van der Waals surface area contributed by atoms with E-state index in [1.165, 1.54) is 0 Å². The predicted octanol–water partition coefficient (Wildman–Crippen LogP) is 1.58. The van der Waals surface area contributed by atoms with E-state index in [-0.39, 0.29) is 0 Å². The Morgan fingerprint density at radius 1 is 0.714 bits per heavy atom. The van der Waals surface area contributed by atoms with Gasteiger partial charge < -0.3 is 11.5 Å². The Labute approximate surface area is 123 Å². The van der Waals surface area contributed by atoms with Crippen LogP contribution in [0.3, 0.4) is 0 Å². The van der Waals surface area contributed by atoms with Crippen LogP contribution in [0.2, 0.25) is 0 Å². The number of rotatable bonds is 6. The minimum Gasteiger partial charge on any atom is -0.301 e. The van der Waals surface area contributed by atoms with Crippen LogP contribution in [0.4, 0.5) is 0 Å². The highest BCUT2D eigenvalue weighted by atomic mass is 32.3. The summed E-state index contributed by atoms with van der Waals surface area (Å²) in [5.74, 6) is 0. The van der Waals surface area contributed by atoms with Gasteiger partial charge in [-0.05, 0) is 11.1 Å². The smallest absolute Gasteiger partial charge is 0.301 e. The maximum Gasteiger partial charge on any atom is 0.403 e. The molecule has 112 valence electrons. The van der Waals surface area contributed by atoms with Gasteiger partial charge in [-0.3, -0.25) is 0 Å². The van der Waals surface area contributed by atoms with Crippen LogP contribution < -0.4 is 11.5 Å². The van der Waals surface area contributed by atoms with Crippen molar-refractivity contribution in [3.8, 4) is 0 Å². The van der Waals surface area contributed by atoms with Crippen LogP contribution in [0, 0.1) is 0 Å². The first-order valence-corrected chi connectivity index (χ1v) is 7.54. The Morgan fingerprint density at radius 3 is 1.38 bits per heavy atom. The molecule has 2 aromatic carbocycles. The molecule has 0 aliphatic rings. The summed E-state index contributed by atoms with van der Waals surface area (Å²) in [7, 11) is -4.33. The third-order valence-electron chi connectivity index (χ3n) is 2.70. The topological polar surface area (TPSA) is 105 Å². The number of hydrogen-bond acceptors (Lipinski definition) is 6. The lowest BCUT2D eigenvalue weighted by atomic mass is 10.2. The van der Waals surface area contributed by atoms with E-state index < -0.39 is 22.9 Å². The van der Waals surface area contributed by atoms with Gasteiger partial charge >= 0.3 is 10.4 Å². The maximum atomic E-state index is 11.8. The van der Waals surface area contributed by atoms with E-state index in [0.29, 0.717) is 11.1 Å². The molecule has 0 spiro atoms. The fourth-order valence-corrected chi connectivity index (χ4v) is 2.45. The van der Waals surface area contributed by atoms with Gasteiger partial charge in [0.2, 0.25) is 0 Å². The molecule has 0 aliphatic heterocycles. The van der Waals surface area contributed by atoms with Crippen molar-refractivity contribution in [1.29, 1.82) is 0 Å². The van der Waals surface area contributed by atoms with Crippen molar-refractivity contribution in [1.82, 2.24) is 0 Å². The molecule has 0 aromatic heterocycles. The lowest BCUT2D eigenvalue weighted by molar-refractivity contribution is 0.129. The minimum absolute atomic E-state index is 0.512. The number of benzene rings is 2. The highest BCUT2D eigenvalue weighted by Crippen LogP contribution is 2.19. The van der Waals surface area contributed by atoms with Crippen LogP contribution in [-0.4, -0.2) is 8.42 Å². The number of hydrogen-bond donors (Lipinski definition) is 2. The second kappa shape index (κ2) is 6.79. The highest BCUT2D eigenvalue weighted by molar-refractivity contribution is 7.81. The fraction of sp³-hybridized carbons (Fsp3) is 0.143. The fourth-order valence-electron chi connectivity index (χ4n) is 1.67. The largest absolute Gasteiger partial charge is 0.403 e. The van der Waals surface area contributed by atoms with Crippen LogP contribution in [0.5, 0.6) is 0 Å². The highest BCUT2D eigenvalue weighted by Gasteiger charge is 2.22. The third kappa shape index (κ3) is 4.62. The molecule has 0 radical (unpaired) electrons. The van der Waals surface area contributed by atoms with E-state index in [0.717, 1.165) is 0 Å². The molecule has 4 N–H and O–H groups in total. The summed E-state index contributed by atoms with van der Waals surface area (Å²) < 4.78 is 33.1. The van der Waals surface area contributed by atoms with Crippen LogP contribution >= 0.6 is 0 Å². The molecule has 0 amide bonds. The molecule has 0 heterocycles. The summed E-state index contributed by atoms with van der Waals surface area (Å²) in [6, 6.07) is 17.1. The molecule has 2 rings (SSSR count). The van der Waals surface area contributed by atoms with Gasteiger partial charge in [0.15, 0.2) is 12.5 Å². The van der Waals surface area contributed by atoms with E-state index in [9.17, 15) is 8.42 Å². The Hall–Kier alpha value is -1.77. The van der Waals surface area contributed by atoms with Crippen molar-refractivity contribution < 1.29 is 16.8 Å². The summed E-state index contributed by atoms with van der Waals surface area (Å²) in [6.07, 6.45) is -2.31. The minimum atomic E-state index is -4.33. The second-order valence-electron chi connectivity index (χ2n) is 4.26. The van der Waals surface area contributed by atoms with Gasteiger partial charge in [-0.1, -0.05) is 60.7 Å². The molecule has 7 heteroatoms. The molecular formula is C14H16N2O4S. The Kier molecular flexibility index (Phi) is 5.05. The van der Waals surface area contributed by atoms with Gasteiger partial charge in [0.1, 0.15) is 0 Å². The summed E-state index contributed by atoms with van der Waals surface area (Å²) in [5, 5.41) is 0. The van der Waals surface area contributed by atoms with E-state index in [1.54, 1.807) is 60.7 Å². The summed E-state index contributed by atoms with van der Waals surface area (Å²) in [6.45, 7) is 0. The molecule has 0 fully saturated rings. The van der Waals surface area contributed by atoms with Crippen molar-refractivity contribution in [3.63, 3.8) is 0 Å². The Bertz CT molecular complexity index is 608. The molecule has 21 heavy (non-hydrogen) atoms. The molecule has 0 saturated carbocycles. The predicted molar refractivity (Wildman–Crippen MR) is 77.8 cm³/mol. The third-order valence-corrected chi connectivity index (χ3v) is 3.59. The van der Waals surface area contributed by atoms with E-state index >= 15 is 0 Å². The van der Waals surface area contributed by atoms with Gasteiger partial charge in [0.05, 0.1) is 0 Å². The van der Waals surface area contributed by atoms with Crippen molar-refractivity contribution in [2.75, 3.05) is 0 Å². The maximum absolute atomic E-state index is 11.8. The molecule has 0 bridgehead atoms. The van der Waals surface area contributed by atoms with Gasteiger partial charge in [-0.25, -0.2) is 8.37 Å². The summed E-state index contributed by atoms with van der Waals surface area (Å²) >= 11 is 0. The van der Waals surface area contributed by atoms with Crippen molar-refractivity contribution in [2.45, 2.75) is 12.5 Å². The van der Waals surface area contributed by atoms with Crippen molar-refractivity contribution >= 4 is 10.4 Å². The zero-order valence-electron chi connectivity index (χ0n) is 11.1. The average Bonchev–Trinajstić information content (AvgIpc) is 2.48. The summed E-state index contributed by atoms with van der Waals surface area (Å²) in [4.78, 5) is 0. The molecule has 2 aromatic rings. The Balaban J connectivity index is 2.02. The summed E-state index contributed by atoms with van der Waals surface area (Å²) in [5.41, 5.74) is 12.4. The molecule has 6 nitrogen and oxygen atoms in total. The zero-order chi connectivity index (χ0) is 15.3. The monoisotopic (exact) mass is 308 g/mol.